The summed E-state index contributed by atoms with van der Waals surface area (Å²) < 4.78 is 45.4. The van der Waals surface area contributed by atoms with Crippen LogP contribution >= 0.6 is 7.75 Å². The molecule has 0 aromatic rings. The first-order chi connectivity index (χ1) is 6.89. The van der Waals surface area contributed by atoms with Gasteiger partial charge in [-0.2, -0.15) is 13.2 Å². The molecule has 0 aliphatic rings. The zero-order chi connectivity index (χ0) is 13.3. The molecule has 0 saturated heterocycles. The first-order valence-electron chi connectivity index (χ1n) is 3.58. The van der Waals surface area contributed by atoms with Gasteiger partial charge in [0.15, 0.2) is 0 Å². The average molecular weight is 265 g/mol. The number of carboxylic acid groups (broad SMARTS) is 1. The van der Waals surface area contributed by atoms with Gasteiger partial charge < -0.3 is 14.9 Å². The second kappa shape index (κ2) is 4.40. The number of carboxylic acids is 1. The summed E-state index contributed by atoms with van der Waals surface area (Å²) in [5.41, 5.74) is 0. The quantitative estimate of drug-likeness (QED) is 0.616. The Kier molecular flexibility index (Phi) is 4.09. The van der Waals surface area contributed by atoms with Crippen molar-refractivity contribution in [2.45, 2.75) is 19.1 Å². The van der Waals surface area contributed by atoms with Gasteiger partial charge in [-0.1, -0.05) is 0 Å². The molecular weight excluding hydrogens is 258 g/mol. The van der Waals surface area contributed by atoms with E-state index in [0.717, 1.165) is 0 Å². The van der Waals surface area contributed by atoms with Gasteiger partial charge in [0.2, 0.25) is 0 Å². The van der Waals surface area contributed by atoms with Gasteiger partial charge in [-0.05, 0) is 6.92 Å². The molecule has 94 valence electrons. The predicted molar refractivity (Wildman–Crippen MR) is 42.0 cm³/mol. The molecule has 11 heteroatoms. The molecule has 1 atom stereocenters. The zero-order valence-corrected chi connectivity index (χ0v) is 8.57. The smallest absolute Gasteiger partial charge is 0.471 e. The van der Waals surface area contributed by atoms with Crippen molar-refractivity contribution in [3.63, 3.8) is 0 Å². The van der Waals surface area contributed by atoms with Gasteiger partial charge in [0.1, 0.15) is 6.04 Å². The largest absolute Gasteiger partial charge is 0.480 e. The number of nitrogens with zero attached hydrogens (tertiary/aromatic N) is 1. The molecule has 0 radical (unpaired) electrons. The van der Waals surface area contributed by atoms with Gasteiger partial charge in [-0.15, -0.1) is 0 Å². The fourth-order valence-corrected chi connectivity index (χ4v) is 1.65. The molecular formula is C5H7F3NO6P. The van der Waals surface area contributed by atoms with Crippen molar-refractivity contribution in [2.75, 3.05) is 0 Å². The molecule has 0 bridgehead atoms. The third-order valence-corrected chi connectivity index (χ3v) is 2.54. The van der Waals surface area contributed by atoms with Crippen molar-refractivity contribution in [3.8, 4) is 0 Å². The monoisotopic (exact) mass is 265 g/mol. The molecule has 0 aromatic heterocycles. The number of carbonyl (C=O) groups excluding carboxylic acids is 1. The van der Waals surface area contributed by atoms with E-state index in [1.165, 1.54) is 0 Å². The second-order valence-electron chi connectivity index (χ2n) is 2.67. The van der Waals surface area contributed by atoms with Crippen molar-refractivity contribution in [1.29, 1.82) is 0 Å². The molecule has 0 aromatic carbocycles. The summed E-state index contributed by atoms with van der Waals surface area (Å²) in [6.07, 6.45) is -5.56. The number of amides is 1. The number of aliphatic carboxylic acids is 1. The highest BCUT2D eigenvalue weighted by molar-refractivity contribution is 7.50. The van der Waals surface area contributed by atoms with Crippen LogP contribution in [0.5, 0.6) is 0 Å². The molecule has 0 heterocycles. The van der Waals surface area contributed by atoms with Gasteiger partial charge in [0, 0.05) is 0 Å². The van der Waals surface area contributed by atoms with E-state index in [-0.39, 0.29) is 0 Å². The highest BCUT2D eigenvalue weighted by Crippen LogP contribution is 2.44. The lowest BCUT2D eigenvalue weighted by Crippen LogP contribution is -2.46. The van der Waals surface area contributed by atoms with Crippen molar-refractivity contribution in [1.82, 2.24) is 4.67 Å². The van der Waals surface area contributed by atoms with Crippen molar-refractivity contribution in [2.24, 2.45) is 0 Å². The summed E-state index contributed by atoms with van der Waals surface area (Å²) in [4.78, 5) is 37.9. The third-order valence-electron chi connectivity index (χ3n) is 1.46. The van der Waals surface area contributed by atoms with Crippen LogP contribution in [0.3, 0.4) is 0 Å². The maximum atomic E-state index is 11.9. The van der Waals surface area contributed by atoms with Gasteiger partial charge >= 0.3 is 25.8 Å². The Hall–Kier alpha value is -1.12. The minimum absolute atomic E-state index is 0.547. The summed E-state index contributed by atoms with van der Waals surface area (Å²) in [7, 11) is -5.66. The van der Waals surface area contributed by atoms with Gasteiger partial charge in [-0.3, -0.25) is 4.79 Å². The van der Waals surface area contributed by atoms with E-state index in [2.05, 4.69) is 0 Å². The molecule has 0 fully saturated rings. The number of halogens is 3. The maximum Gasteiger partial charge on any atom is 0.471 e. The summed E-state index contributed by atoms with van der Waals surface area (Å²) in [5.74, 6) is -4.88. The number of carbonyl (C=O) groups is 2. The third kappa shape index (κ3) is 3.47. The number of rotatable bonds is 3. The van der Waals surface area contributed by atoms with Crippen LogP contribution in [0.2, 0.25) is 0 Å². The van der Waals surface area contributed by atoms with E-state index in [1.54, 1.807) is 0 Å². The maximum absolute atomic E-state index is 11.9. The molecule has 7 nitrogen and oxygen atoms in total. The second-order valence-corrected chi connectivity index (χ2v) is 4.13. The highest BCUT2D eigenvalue weighted by atomic mass is 31.2. The molecule has 0 saturated carbocycles. The summed E-state index contributed by atoms with van der Waals surface area (Å²) >= 11 is 0. The molecule has 1 amide bonds. The molecule has 3 N–H and O–H groups in total. The fourth-order valence-electron chi connectivity index (χ4n) is 0.754. The SMILES string of the molecule is CC(C(=O)O)N(C(=O)C(F)(F)F)P(=O)(O)O. The van der Waals surface area contributed by atoms with Gasteiger partial charge in [0.25, 0.3) is 0 Å². The number of hydrogen-bond donors (Lipinski definition) is 3. The first kappa shape index (κ1) is 14.9. The topological polar surface area (TPSA) is 115 Å². The molecule has 1 unspecified atom stereocenters. The van der Waals surface area contributed by atoms with Crippen LogP contribution in [0.25, 0.3) is 0 Å². The van der Waals surface area contributed by atoms with Crippen LogP contribution in [-0.4, -0.2) is 43.7 Å². The Balaban J connectivity index is 5.38. The van der Waals surface area contributed by atoms with E-state index in [9.17, 15) is 27.3 Å². The van der Waals surface area contributed by atoms with E-state index in [1.807, 2.05) is 0 Å². The fraction of sp³-hybridized carbons (Fsp3) is 0.600. The standard InChI is InChI=1S/C5H7F3NO6P/c1-2(3(10)11)9(16(13,14)15)4(12)5(6,7)8/h2H,1H3,(H,10,11)(H2,13,14,15). The predicted octanol–water partition coefficient (Wildman–Crippen LogP) is -0.0569. The molecule has 0 spiro atoms. The lowest BCUT2D eigenvalue weighted by Gasteiger charge is -2.27. The van der Waals surface area contributed by atoms with Gasteiger partial charge in [0.05, 0.1) is 0 Å². The normalized spacial score (nSPS) is 14.4. The lowest BCUT2D eigenvalue weighted by molar-refractivity contribution is -0.184. The van der Waals surface area contributed by atoms with Crippen molar-refractivity contribution < 1.29 is 42.2 Å². The molecule has 0 rings (SSSR count). The Morgan fingerprint density at radius 3 is 1.88 bits per heavy atom. The van der Waals surface area contributed by atoms with E-state index in [0.29, 0.717) is 6.92 Å². The Morgan fingerprint density at radius 2 is 1.69 bits per heavy atom. The highest BCUT2D eigenvalue weighted by Gasteiger charge is 2.51. The minimum Gasteiger partial charge on any atom is -0.480 e. The van der Waals surface area contributed by atoms with Crippen molar-refractivity contribution in [3.05, 3.63) is 0 Å². The Morgan fingerprint density at radius 1 is 1.31 bits per heavy atom. The average Bonchev–Trinajstić information content (AvgIpc) is 1.99. The number of alkyl halides is 3. The molecule has 0 aliphatic heterocycles. The van der Waals surface area contributed by atoms with Crippen LogP contribution in [0.15, 0.2) is 0 Å². The molecule has 16 heavy (non-hydrogen) atoms. The Labute approximate surface area is 86.7 Å². The summed E-state index contributed by atoms with van der Waals surface area (Å²) in [5, 5.41) is 8.33. The van der Waals surface area contributed by atoms with E-state index in [4.69, 9.17) is 14.9 Å². The van der Waals surface area contributed by atoms with E-state index < -0.39 is 36.5 Å². The number of hydrogen-bond acceptors (Lipinski definition) is 3. The summed E-state index contributed by atoms with van der Waals surface area (Å²) in [6, 6.07) is -2.30. The minimum atomic E-state index is -5.66. The van der Waals surface area contributed by atoms with Crippen LogP contribution in [-0.2, 0) is 14.2 Å². The van der Waals surface area contributed by atoms with Crippen LogP contribution in [0.4, 0.5) is 13.2 Å². The van der Waals surface area contributed by atoms with Crippen LogP contribution in [0.1, 0.15) is 6.92 Å². The van der Waals surface area contributed by atoms with Crippen LogP contribution in [0, 0.1) is 0 Å². The lowest BCUT2D eigenvalue weighted by atomic mass is 10.3. The Bertz CT molecular complexity index is 349. The first-order valence-corrected chi connectivity index (χ1v) is 5.14. The van der Waals surface area contributed by atoms with Crippen molar-refractivity contribution >= 4 is 19.6 Å². The van der Waals surface area contributed by atoms with Crippen LogP contribution < -0.4 is 0 Å². The van der Waals surface area contributed by atoms with Gasteiger partial charge in [-0.25, -0.2) is 14.0 Å². The van der Waals surface area contributed by atoms with E-state index >= 15 is 0 Å². The zero-order valence-electron chi connectivity index (χ0n) is 7.67. The molecule has 0 aliphatic carbocycles. The summed E-state index contributed by atoms with van der Waals surface area (Å²) in [6.45, 7) is 0.547.